The number of carbonyl (C=O) groups is 1. The van der Waals surface area contributed by atoms with Crippen LogP contribution in [0.25, 0.3) is 11.2 Å². The van der Waals surface area contributed by atoms with Crippen molar-refractivity contribution in [2.24, 2.45) is 13.0 Å². The molecule has 4 rings (SSSR count). The summed E-state index contributed by atoms with van der Waals surface area (Å²) in [6.07, 6.45) is 1.48. The van der Waals surface area contributed by atoms with E-state index in [9.17, 15) is 4.79 Å². The van der Waals surface area contributed by atoms with Crippen LogP contribution in [0, 0.1) is 12.8 Å². The minimum absolute atomic E-state index is 0.0495. The summed E-state index contributed by atoms with van der Waals surface area (Å²) in [4.78, 5) is 26.6. The Morgan fingerprint density at radius 2 is 2.25 bits per heavy atom. The van der Waals surface area contributed by atoms with E-state index < -0.39 is 0 Å². The van der Waals surface area contributed by atoms with Gasteiger partial charge in [-0.2, -0.15) is 4.98 Å². The number of nitrogens with zero attached hydrogens (tertiary/aromatic N) is 8. The predicted molar refractivity (Wildman–Crippen MR) is 80.7 cm³/mol. The Labute approximate surface area is 136 Å². The summed E-state index contributed by atoms with van der Waals surface area (Å²) in [5.41, 5.74) is 1.31. The molecule has 1 saturated heterocycles. The van der Waals surface area contributed by atoms with E-state index in [2.05, 4.69) is 35.7 Å². The van der Waals surface area contributed by atoms with Crippen LogP contribution in [0.3, 0.4) is 0 Å². The molecule has 1 amide bonds. The number of aromatic nitrogens is 7. The Hall–Kier alpha value is -3.11. The van der Waals surface area contributed by atoms with E-state index in [0.717, 1.165) is 0 Å². The van der Waals surface area contributed by atoms with Crippen molar-refractivity contribution in [3.63, 3.8) is 0 Å². The average molecular weight is 329 g/mol. The molecule has 1 N–H and O–H groups in total. The molecule has 0 bridgehead atoms. The zero-order chi connectivity index (χ0) is 16.7. The lowest BCUT2D eigenvalue weighted by molar-refractivity contribution is -0.126. The number of anilines is 1. The van der Waals surface area contributed by atoms with E-state index in [1.165, 1.54) is 6.33 Å². The zero-order valence-corrected chi connectivity index (χ0v) is 13.2. The second-order valence-corrected chi connectivity index (χ2v) is 5.64. The molecule has 0 aliphatic carbocycles. The van der Waals surface area contributed by atoms with Crippen molar-refractivity contribution in [2.45, 2.75) is 13.5 Å². The highest BCUT2D eigenvalue weighted by Crippen LogP contribution is 2.27. The lowest BCUT2D eigenvalue weighted by atomic mass is 9.99. The maximum Gasteiger partial charge on any atom is 0.246 e. The first-order chi connectivity index (χ1) is 11.6. The summed E-state index contributed by atoms with van der Waals surface area (Å²) in [6, 6.07) is 0. The standard InChI is InChI=1S/C13H15N9O2/c1-7-17-9(24-19-7)3-14-13(23)8-4-22(5-8)12-10-11(15-6-16-12)21(2)20-18-10/h6,8H,3-5H2,1-2H3,(H,14,23). The summed E-state index contributed by atoms with van der Waals surface area (Å²) in [5.74, 6) is 1.48. The van der Waals surface area contributed by atoms with Crippen LogP contribution in [-0.2, 0) is 18.4 Å². The SMILES string of the molecule is Cc1noc(CNC(=O)C2CN(c3ncnc4c3nnn4C)C2)n1. The van der Waals surface area contributed by atoms with Gasteiger partial charge in [-0.05, 0) is 6.92 Å². The fraction of sp³-hybridized carbons (Fsp3) is 0.462. The lowest BCUT2D eigenvalue weighted by Crippen LogP contribution is -2.54. The molecule has 1 fully saturated rings. The molecule has 0 saturated carbocycles. The number of hydrogen-bond acceptors (Lipinski definition) is 9. The van der Waals surface area contributed by atoms with Crippen LogP contribution >= 0.6 is 0 Å². The minimum atomic E-state index is -0.115. The predicted octanol–water partition coefficient (Wildman–Crippen LogP) is -0.798. The largest absolute Gasteiger partial charge is 0.353 e. The zero-order valence-electron chi connectivity index (χ0n) is 13.2. The molecule has 124 valence electrons. The van der Waals surface area contributed by atoms with Gasteiger partial charge in [-0.15, -0.1) is 5.10 Å². The first-order valence-electron chi connectivity index (χ1n) is 7.44. The summed E-state index contributed by atoms with van der Waals surface area (Å²) in [5, 5.41) is 14.5. The van der Waals surface area contributed by atoms with Gasteiger partial charge in [-0.3, -0.25) is 4.79 Å². The van der Waals surface area contributed by atoms with Crippen molar-refractivity contribution in [1.82, 2.24) is 40.4 Å². The van der Waals surface area contributed by atoms with Crippen molar-refractivity contribution in [3.8, 4) is 0 Å². The molecule has 0 spiro atoms. The third kappa shape index (κ3) is 2.43. The molecule has 0 atom stereocenters. The molecule has 3 aromatic heterocycles. The Morgan fingerprint density at radius 1 is 1.42 bits per heavy atom. The van der Waals surface area contributed by atoms with Gasteiger partial charge in [-0.25, -0.2) is 14.6 Å². The maximum atomic E-state index is 12.2. The van der Waals surface area contributed by atoms with Gasteiger partial charge in [0.25, 0.3) is 0 Å². The van der Waals surface area contributed by atoms with Crippen molar-refractivity contribution >= 4 is 22.9 Å². The smallest absolute Gasteiger partial charge is 0.246 e. The number of nitrogens with one attached hydrogen (secondary N) is 1. The second-order valence-electron chi connectivity index (χ2n) is 5.64. The molecule has 0 radical (unpaired) electrons. The number of aryl methyl sites for hydroxylation is 2. The third-order valence-electron chi connectivity index (χ3n) is 3.90. The molecular formula is C13H15N9O2. The van der Waals surface area contributed by atoms with Crippen LogP contribution in [-0.4, -0.2) is 54.1 Å². The normalized spacial score (nSPS) is 14.8. The highest BCUT2D eigenvalue weighted by atomic mass is 16.5. The highest BCUT2D eigenvalue weighted by Gasteiger charge is 2.35. The number of fused-ring (bicyclic) bond motifs is 1. The van der Waals surface area contributed by atoms with Crippen LogP contribution in [0.2, 0.25) is 0 Å². The van der Waals surface area contributed by atoms with Crippen LogP contribution in [0.4, 0.5) is 5.82 Å². The van der Waals surface area contributed by atoms with E-state index in [1.54, 1.807) is 18.7 Å². The lowest BCUT2D eigenvalue weighted by Gasteiger charge is -2.38. The van der Waals surface area contributed by atoms with Gasteiger partial charge in [-0.1, -0.05) is 10.4 Å². The molecule has 3 aromatic rings. The van der Waals surface area contributed by atoms with Crippen molar-refractivity contribution in [2.75, 3.05) is 18.0 Å². The summed E-state index contributed by atoms with van der Waals surface area (Å²) >= 11 is 0. The highest BCUT2D eigenvalue weighted by molar-refractivity contribution is 5.86. The van der Waals surface area contributed by atoms with Crippen molar-refractivity contribution < 1.29 is 9.32 Å². The second kappa shape index (κ2) is 5.51. The maximum absolute atomic E-state index is 12.2. The van der Waals surface area contributed by atoms with Gasteiger partial charge < -0.3 is 14.7 Å². The quantitative estimate of drug-likeness (QED) is 0.654. The third-order valence-corrected chi connectivity index (χ3v) is 3.90. The van der Waals surface area contributed by atoms with Gasteiger partial charge in [0.05, 0.1) is 12.5 Å². The van der Waals surface area contributed by atoms with E-state index in [0.29, 0.717) is 41.8 Å². The summed E-state index contributed by atoms with van der Waals surface area (Å²) < 4.78 is 6.56. The summed E-state index contributed by atoms with van der Waals surface area (Å²) in [7, 11) is 1.78. The fourth-order valence-corrected chi connectivity index (χ4v) is 2.61. The van der Waals surface area contributed by atoms with E-state index in [1.807, 2.05) is 4.90 Å². The monoisotopic (exact) mass is 329 g/mol. The number of rotatable bonds is 4. The van der Waals surface area contributed by atoms with Gasteiger partial charge in [0.15, 0.2) is 22.8 Å². The topological polar surface area (TPSA) is 128 Å². The molecule has 0 aromatic carbocycles. The Kier molecular flexibility index (Phi) is 3.32. The minimum Gasteiger partial charge on any atom is -0.353 e. The summed E-state index contributed by atoms with van der Waals surface area (Å²) in [6.45, 7) is 3.10. The Morgan fingerprint density at radius 3 is 3.00 bits per heavy atom. The molecule has 0 unspecified atom stereocenters. The van der Waals surface area contributed by atoms with E-state index >= 15 is 0 Å². The van der Waals surface area contributed by atoms with Crippen molar-refractivity contribution in [3.05, 3.63) is 18.0 Å². The van der Waals surface area contributed by atoms with Gasteiger partial charge in [0.2, 0.25) is 11.8 Å². The number of amides is 1. The van der Waals surface area contributed by atoms with Gasteiger partial charge in [0, 0.05) is 20.1 Å². The van der Waals surface area contributed by atoms with Crippen LogP contribution in [0.15, 0.2) is 10.9 Å². The number of hydrogen-bond donors (Lipinski definition) is 1. The molecule has 1 aliphatic rings. The first kappa shape index (κ1) is 14.5. The Bertz CT molecular complexity index is 896. The molecular weight excluding hydrogens is 314 g/mol. The van der Waals surface area contributed by atoms with Crippen LogP contribution in [0.5, 0.6) is 0 Å². The first-order valence-corrected chi connectivity index (χ1v) is 7.44. The van der Waals surface area contributed by atoms with E-state index in [4.69, 9.17) is 4.52 Å². The van der Waals surface area contributed by atoms with Gasteiger partial charge >= 0.3 is 0 Å². The molecule has 11 heteroatoms. The Balaban J connectivity index is 1.38. The van der Waals surface area contributed by atoms with Gasteiger partial charge in [0.1, 0.15) is 6.33 Å². The molecule has 1 aliphatic heterocycles. The molecule has 11 nitrogen and oxygen atoms in total. The van der Waals surface area contributed by atoms with Crippen LogP contribution < -0.4 is 10.2 Å². The fourth-order valence-electron chi connectivity index (χ4n) is 2.61. The van der Waals surface area contributed by atoms with Crippen LogP contribution in [0.1, 0.15) is 11.7 Å². The number of carbonyl (C=O) groups excluding carboxylic acids is 1. The van der Waals surface area contributed by atoms with Crippen molar-refractivity contribution in [1.29, 1.82) is 0 Å². The molecule has 24 heavy (non-hydrogen) atoms. The van der Waals surface area contributed by atoms with E-state index in [-0.39, 0.29) is 18.4 Å². The average Bonchev–Trinajstić information content (AvgIpc) is 3.11. The molecule has 4 heterocycles.